The predicted molar refractivity (Wildman–Crippen MR) is 36.3 cm³/mol. The Morgan fingerprint density at radius 1 is 1.25 bits per heavy atom. The average Bonchev–Trinajstić information content (AvgIpc) is 2.08. The Bertz CT molecular complexity index is 200. The minimum Gasteiger partial charge on any atom is -0.504 e. The molecule has 0 unspecified atom stereocenters. The van der Waals surface area contributed by atoms with Crippen LogP contribution in [0.4, 0.5) is 0 Å². The molecular weight excluding hydrogens is 168 g/mol. The molecule has 0 aromatic carbocycles. The molecule has 70 valence electrons. The first kappa shape index (κ1) is 9.11. The molecule has 1 aliphatic rings. The molecule has 6 heteroatoms. The van der Waals surface area contributed by atoms with Crippen molar-refractivity contribution in [2.24, 2.45) is 0 Å². The summed E-state index contributed by atoms with van der Waals surface area (Å²) < 4.78 is 4.46. The molecule has 0 saturated heterocycles. The fraction of sp³-hybridized carbons (Fsp3) is 0.667. The minimum atomic E-state index is -1.61. The van der Waals surface area contributed by atoms with E-state index in [1.807, 2.05) is 0 Å². The molecule has 12 heavy (non-hydrogen) atoms. The molecule has 0 saturated carbocycles. The molecule has 0 aliphatic carbocycles. The number of aliphatic hydroxyl groups excluding tert-OH is 5. The normalized spacial score (nSPS) is 36.4. The number of ether oxygens (including phenoxy) is 1. The summed E-state index contributed by atoms with van der Waals surface area (Å²) in [6, 6.07) is 0. The SMILES string of the molecule is OC[C@H]1OC(O)=C(O)[C@@H](O)[C@@H]1O. The third-order valence-corrected chi connectivity index (χ3v) is 1.65. The van der Waals surface area contributed by atoms with Gasteiger partial charge in [-0.25, -0.2) is 0 Å². The second-order valence-electron chi connectivity index (χ2n) is 2.46. The van der Waals surface area contributed by atoms with Crippen LogP contribution >= 0.6 is 0 Å². The first-order valence-corrected chi connectivity index (χ1v) is 3.33. The van der Waals surface area contributed by atoms with Crippen LogP contribution in [-0.2, 0) is 4.74 Å². The molecule has 5 N–H and O–H groups in total. The van der Waals surface area contributed by atoms with Crippen molar-refractivity contribution >= 4 is 0 Å². The van der Waals surface area contributed by atoms with E-state index in [1.165, 1.54) is 0 Å². The highest BCUT2D eigenvalue weighted by Crippen LogP contribution is 2.20. The summed E-state index contributed by atoms with van der Waals surface area (Å²) in [5.74, 6) is -1.70. The van der Waals surface area contributed by atoms with Crippen molar-refractivity contribution in [2.75, 3.05) is 6.61 Å². The van der Waals surface area contributed by atoms with Crippen LogP contribution in [0.15, 0.2) is 11.7 Å². The molecule has 0 spiro atoms. The Hall–Kier alpha value is -0.980. The van der Waals surface area contributed by atoms with Gasteiger partial charge in [0.15, 0.2) is 6.10 Å². The van der Waals surface area contributed by atoms with Gasteiger partial charge in [0.25, 0.3) is 0 Å². The summed E-state index contributed by atoms with van der Waals surface area (Å²) >= 11 is 0. The zero-order chi connectivity index (χ0) is 9.30. The van der Waals surface area contributed by atoms with E-state index >= 15 is 0 Å². The van der Waals surface area contributed by atoms with Crippen LogP contribution in [0.2, 0.25) is 0 Å². The Morgan fingerprint density at radius 3 is 2.33 bits per heavy atom. The lowest BCUT2D eigenvalue weighted by molar-refractivity contribution is -0.137. The van der Waals surface area contributed by atoms with Crippen molar-refractivity contribution in [3.05, 3.63) is 11.7 Å². The zero-order valence-corrected chi connectivity index (χ0v) is 6.08. The van der Waals surface area contributed by atoms with E-state index in [0.29, 0.717) is 0 Å². The maximum absolute atomic E-state index is 9.09. The summed E-state index contributed by atoms with van der Waals surface area (Å²) in [4.78, 5) is 0. The predicted octanol–water partition coefficient (Wildman–Crippen LogP) is -1.62. The van der Waals surface area contributed by atoms with E-state index in [1.54, 1.807) is 0 Å². The lowest BCUT2D eigenvalue weighted by Gasteiger charge is -2.29. The smallest absolute Gasteiger partial charge is 0.319 e. The van der Waals surface area contributed by atoms with E-state index in [4.69, 9.17) is 25.5 Å². The standard InChI is InChI=1S/C6H10O6/c7-1-2-3(8)4(9)5(10)6(11)12-2/h2-4,7-11H,1H2/t2-,3-,4+/m1/s1. The highest BCUT2D eigenvalue weighted by Gasteiger charge is 2.37. The number of rotatable bonds is 1. The van der Waals surface area contributed by atoms with Gasteiger partial charge in [0.05, 0.1) is 6.61 Å². The molecule has 0 radical (unpaired) electrons. The van der Waals surface area contributed by atoms with Crippen molar-refractivity contribution in [3.63, 3.8) is 0 Å². The van der Waals surface area contributed by atoms with Crippen LogP contribution in [0, 0.1) is 0 Å². The van der Waals surface area contributed by atoms with Gasteiger partial charge in [-0.15, -0.1) is 0 Å². The van der Waals surface area contributed by atoms with Gasteiger partial charge < -0.3 is 30.3 Å². The Kier molecular flexibility index (Phi) is 2.41. The van der Waals surface area contributed by atoms with E-state index in [-0.39, 0.29) is 0 Å². The molecule has 0 aromatic rings. The van der Waals surface area contributed by atoms with Crippen LogP contribution in [0.3, 0.4) is 0 Å². The van der Waals surface area contributed by atoms with Gasteiger partial charge in [-0.05, 0) is 0 Å². The van der Waals surface area contributed by atoms with E-state index < -0.39 is 36.6 Å². The average molecular weight is 178 g/mol. The maximum Gasteiger partial charge on any atom is 0.319 e. The maximum atomic E-state index is 9.09. The molecule has 1 heterocycles. The van der Waals surface area contributed by atoms with Crippen LogP contribution in [0.5, 0.6) is 0 Å². The Labute approximate surface area is 68.0 Å². The van der Waals surface area contributed by atoms with Gasteiger partial charge in [-0.2, -0.15) is 0 Å². The molecule has 1 aliphatic heterocycles. The number of hydrogen-bond acceptors (Lipinski definition) is 6. The number of aliphatic hydroxyl groups is 5. The monoisotopic (exact) mass is 178 g/mol. The summed E-state index contributed by atoms with van der Waals surface area (Å²) in [7, 11) is 0. The topological polar surface area (TPSA) is 110 Å². The molecule has 3 atom stereocenters. The van der Waals surface area contributed by atoms with Crippen molar-refractivity contribution in [3.8, 4) is 0 Å². The summed E-state index contributed by atoms with van der Waals surface area (Å²) in [5.41, 5.74) is 0. The highest BCUT2D eigenvalue weighted by atomic mass is 16.6. The molecule has 1 rings (SSSR count). The lowest BCUT2D eigenvalue weighted by Crippen LogP contribution is -2.46. The van der Waals surface area contributed by atoms with Gasteiger partial charge in [0.2, 0.25) is 5.76 Å². The third-order valence-electron chi connectivity index (χ3n) is 1.65. The lowest BCUT2D eigenvalue weighted by atomic mass is 10.1. The summed E-state index contributed by atoms with van der Waals surface area (Å²) in [6.07, 6.45) is -4.17. The van der Waals surface area contributed by atoms with Crippen LogP contribution < -0.4 is 0 Å². The van der Waals surface area contributed by atoms with Gasteiger partial charge in [-0.1, -0.05) is 0 Å². The minimum absolute atomic E-state index is 0.560. The summed E-state index contributed by atoms with van der Waals surface area (Å²) in [6.45, 7) is -0.560. The number of hydrogen-bond donors (Lipinski definition) is 5. The van der Waals surface area contributed by atoms with Crippen LogP contribution in [0.1, 0.15) is 0 Å². The molecular formula is C6H10O6. The third kappa shape index (κ3) is 1.31. The zero-order valence-electron chi connectivity index (χ0n) is 6.08. The van der Waals surface area contributed by atoms with Crippen molar-refractivity contribution in [1.29, 1.82) is 0 Å². The molecule has 0 bridgehead atoms. The first-order valence-electron chi connectivity index (χ1n) is 3.33. The molecule has 6 nitrogen and oxygen atoms in total. The second-order valence-corrected chi connectivity index (χ2v) is 2.46. The quantitative estimate of drug-likeness (QED) is 0.330. The largest absolute Gasteiger partial charge is 0.504 e. The van der Waals surface area contributed by atoms with Crippen molar-refractivity contribution in [1.82, 2.24) is 0 Å². The molecule has 0 aromatic heterocycles. The van der Waals surface area contributed by atoms with E-state index in [2.05, 4.69) is 4.74 Å². The van der Waals surface area contributed by atoms with Crippen molar-refractivity contribution in [2.45, 2.75) is 18.3 Å². The Balaban J connectivity index is 2.83. The summed E-state index contributed by atoms with van der Waals surface area (Å²) in [5, 5.41) is 44.3. The Morgan fingerprint density at radius 2 is 1.83 bits per heavy atom. The van der Waals surface area contributed by atoms with Gasteiger partial charge in [0, 0.05) is 0 Å². The van der Waals surface area contributed by atoms with Crippen LogP contribution in [0.25, 0.3) is 0 Å². The van der Waals surface area contributed by atoms with Gasteiger partial charge in [-0.3, -0.25) is 0 Å². The van der Waals surface area contributed by atoms with Gasteiger partial charge >= 0.3 is 5.95 Å². The van der Waals surface area contributed by atoms with E-state index in [0.717, 1.165) is 0 Å². The fourth-order valence-electron chi connectivity index (χ4n) is 0.910. The molecule has 0 amide bonds. The molecule has 0 fully saturated rings. The fourth-order valence-corrected chi connectivity index (χ4v) is 0.910. The second kappa shape index (κ2) is 3.18. The van der Waals surface area contributed by atoms with Crippen LogP contribution in [-0.4, -0.2) is 50.5 Å². The van der Waals surface area contributed by atoms with Crippen molar-refractivity contribution < 1.29 is 30.3 Å². The highest BCUT2D eigenvalue weighted by molar-refractivity contribution is 5.07. The van der Waals surface area contributed by atoms with E-state index in [9.17, 15) is 0 Å². The van der Waals surface area contributed by atoms with Gasteiger partial charge in [0.1, 0.15) is 12.2 Å². The first-order chi connectivity index (χ1) is 5.57.